The van der Waals surface area contributed by atoms with Crippen molar-refractivity contribution in [2.45, 2.75) is 70.4 Å². The third kappa shape index (κ3) is 2.52. The van der Waals surface area contributed by atoms with Crippen LogP contribution in [0.2, 0.25) is 0 Å². The summed E-state index contributed by atoms with van der Waals surface area (Å²) in [6, 6.07) is 0.513. The molecule has 0 heterocycles. The summed E-state index contributed by atoms with van der Waals surface area (Å²) >= 11 is 0. The van der Waals surface area contributed by atoms with Crippen LogP contribution in [0.15, 0.2) is 45.1 Å². The number of hydrogen-bond donors (Lipinski definition) is 0. The Morgan fingerprint density at radius 1 is 0.971 bits per heavy atom. The molecule has 178 valence electrons. The van der Waals surface area contributed by atoms with Gasteiger partial charge in [0.1, 0.15) is 11.4 Å². The summed E-state index contributed by atoms with van der Waals surface area (Å²) in [7, 11) is 4.29. The highest BCUT2D eigenvalue weighted by Crippen LogP contribution is 2.76. The van der Waals surface area contributed by atoms with Crippen LogP contribution in [0.3, 0.4) is 0 Å². The van der Waals surface area contributed by atoms with E-state index in [1.165, 1.54) is 18.1 Å². The lowest BCUT2D eigenvalue weighted by molar-refractivity contribution is -0.178. The monoisotopic (exact) mass is 459 g/mol. The summed E-state index contributed by atoms with van der Waals surface area (Å²) in [5, 5.41) is 0. The first-order chi connectivity index (χ1) is 16.2. The van der Waals surface area contributed by atoms with Crippen LogP contribution in [0.1, 0.15) is 58.8 Å². The van der Waals surface area contributed by atoms with Gasteiger partial charge in [-0.2, -0.15) is 0 Å². The van der Waals surface area contributed by atoms with Crippen molar-refractivity contribution >= 4 is 17.5 Å². The Morgan fingerprint density at radius 2 is 1.71 bits per heavy atom. The van der Waals surface area contributed by atoms with E-state index >= 15 is 0 Å². The van der Waals surface area contributed by atoms with Crippen molar-refractivity contribution in [3.05, 3.63) is 45.1 Å². The molecule has 5 atom stereocenters. The predicted octanol–water partition coefficient (Wildman–Crippen LogP) is 4.10. The van der Waals surface area contributed by atoms with E-state index in [9.17, 15) is 14.4 Å². The Balaban J connectivity index is 1.36. The highest BCUT2D eigenvalue weighted by atomic mass is 16.6. The molecule has 0 aromatic carbocycles. The summed E-state index contributed by atoms with van der Waals surface area (Å²) in [6.07, 6.45) is 7.79. The van der Waals surface area contributed by atoms with Crippen LogP contribution in [-0.2, 0) is 19.1 Å². The molecule has 0 N–H and O–H groups in total. The molecule has 0 aliphatic heterocycles. The SMILES string of the molecule is CC(=O)OC12CC(C3C4=C5C(=C43)C5N(C)C)C3=C4CCC(=O)C=C4CCC3C1CCC2C(C)=O. The second-order valence-corrected chi connectivity index (χ2v) is 11.9. The van der Waals surface area contributed by atoms with Crippen molar-refractivity contribution in [1.29, 1.82) is 0 Å². The molecule has 0 saturated heterocycles. The number of likely N-dealkylation sites (N-methyl/N-ethyl adjacent to an activating group) is 1. The zero-order chi connectivity index (χ0) is 23.7. The molecule has 0 spiro atoms. The molecule has 5 heteroatoms. The first-order valence-electron chi connectivity index (χ1n) is 13.1. The van der Waals surface area contributed by atoms with E-state index < -0.39 is 5.60 Å². The average Bonchev–Trinajstić information content (AvgIpc) is 3.54. The lowest BCUT2D eigenvalue weighted by Crippen LogP contribution is -2.55. The summed E-state index contributed by atoms with van der Waals surface area (Å²) in [6.45, 7) is 3.19. The fraction of sp³-hybridized carbons (Fsp3) is 0.621. The minimum Gasteiger partial charge on any atom is -0.458 e. The van der Waals surface area contributed by atoms with Gasteiger partial charge in [-0.25, -0.2) is 0 Å². The maximum absolute atomic E-state index is 12.8. The topological polar surface area (TPSA) is 63.7 Å². The van der Waals surface area contributed by atoms with Crippen molar-refractivity contribution in [3.8, 4) is 0 Å². The van der Waals surface area contributed by atoms with Gasteiger partial charge in [0.05, 0.1) is 12.0 Å². The lowest BCUT2D eigenvalue weighted by Gasteiger charge is -2.52. The van der Waals surface area contributed by atoms with Crippen LogP contribution in [-0.4, -0.2) is 48.2 Å². The number of nitrogens with zero attached hydrogens (tertiary/aromatic N) is 1. The first kappa shape index (κ1) is 21.0. The molecular weight excluding hydrogens is 426 g/mol. The van der Waals surface area contributed by atoms with E-state index in [0.29, 0.717) is 24.3 Å². The second kappa shape index (κ2) is 6.69. The van der Waals surface area contributed by atoms with Gasteiger partial charge in [-0.15, -0.1) is 0 Å². The van der Waals surface area contributed by atoms with Gasteiger partial charge in [0, 0.05) is 25.2 Å². The van der Waals surface area contributed by atoms with E-state index in [0.717, 1.165) is 38.5 Å². The Kier molecular flexibility index (Phi) is 4.14. The lowest BCUT2D eigenvalue weighted by atomic mass is 9.55. The van der Waals surface area contributed by atoms with E-state index in [1.54, 1.807) is 34.8 Å². The molecular formula is C29H33NO4. The summed E-state index contributed by atoms with van der Waals surface area (Å²) < 4.78 is 6.28. The maximum atomic E-state index is 12.8. The van der Waals surface area contributed by atoms with Crippen molar-refractivity contribution < 1.29 is 19.1 Å². The fourth-order valence-corrected chi connectivity index (χ4v) is 9.12. The van der Waals surface area contributed by atoms with Gasteiger partial charge < -0.3 is 4.74 Å². The zero-order valence-electron chi connectivity index (χ0n) is 20.6. The smallest absolute Gasteiger partial charge is 0.303 e. The number of hydrogen-bond acceptors (Lipinski definition) is 5. The molecule has 4 fully saturated rings. The predicted molar refractivity (Wildman–Crippen MR) is 127 cm³/mol. The Hall–Kier alpha value is -2.27. The molecule has 5 nitrogen and oxygen atoms in total. The average molecular weight is 460 g/mol. The summed E-state index contributed by atoms with van der Waals surface area (Å²) in [4.78, 5) is 39.8. The Labute approximate surface area is 201 Å². The van der Waals surface area contributed by atoms with E-state index in [2.05, 4.69) is 19.0 Å². The van der Waals surface area contributed by atoms with Gasteiger partial charge in [0.25, 0.3) is 0 Å². The molecule has 0 aromatic heterocycles. The van der Waals surface area contributed by atoms with Gasteiger partial charge in [-0.1, -0.05) is 5.57 Å². The second-order valence-electron chi connectivity index (χ2n) is 11.9. The fourth-order valence-electron chi connectivity index (χ4n) is 9.12. The summed E-state index contributed by atoms with van der Waals surface area (Å²) in [5.41, 5.74) is 9.79. The van der Waals surface area contributed by atoms with Crippen molar-refractivity contribution in [1.82, 2.24) is 4.90 Å². The van der Waals surface area contributed by atoms with Crippen molar-refractivity contribution in [3.63, 3.8) is 0 Å². The third-order valence-corrected chi connectivity index (χ3v) is 10.1. The Bertz CT molecular complexity index is 1190. The zero-order valence-corrected chi connectivity index (χ0v) is 20.6. The molecule has 0 aromatic rings. The molecule has 4 saturated carbocycles. The maximum Gasteiger partial charge on any atom is 0.303 e. The van der Waals surface area contributed by atoms with Crippen LogP contribution in [0.4, 0.5) is 0 Å². The number of ketones is 2. The van der Waals surface area contributed by atoms with Crippen LogP contribution in [0.5, 0.6) is 0 Å². The van der Waals surface area contributed by atoms with Crippen LogP contribution in [0.25, 0.3) is 0 Å². The summed E-state index contributed by atoms with van der Waals surface area (Å²) in [5.74, 6) is 1.24. The number of carbonyl (C=O) groups excluding carboxylic acids is 3. The molecule has 0 amide bonds. The van der Waals surface area contributed by atoms with E-state index in [-0.39, 0.29) is 35.3 Å². The van der Waals surface area contributed by atoms with Crippen molar-refractivity contribution in [2.75, 3.05) is 14.1 Å². The van der Waals surface area contributed by atoms with Gasteiger partial charge >= 0.3 is 5.97 Å². The van der Waals surface area contributed by atoms with Gasteiger partial charge in [-0.3, -0.25) is 19.3 Å². The molecule has 34 heavy (non-hydrogen) atoms. The molecule has 5 unspecified atom stereocenters. The number of esters is 1. The minimum atomic E-state index is -0.674. The molecule has 7 aliphatic carbocycles. The van der Waals surface area contributed by atoms with Crippen LogP contribution >= 0.6 is 0 Å². The quantitative estimate of drug-likeness (QED) is 0.593. The number of allylic oxidation sites excluding steroid dienone is 6. The number of carbonyl (C=O) groups is 3. The minimum absolute atomic E-state index is 0.164. The van der Waals surface area contributed by atoms with E-state index in [4.69, 9.17) is 4.74 Å². The standard InChI is InChI=1S/C29H33NO4/c1-13(31)20-9-10-21-18-7-5-15-11-16(33)6-8-17(15)22(18)19(12-29(20,21)34-14(2)32)23-24-25(23)27-26(24)28(27)30(3)4/h11,18-21,23,28H,5-10,12H2,1-4H3. The Morgan fingerprint density at radius 3 is 2.35 bits per heavy atom. The third-order valence-electron chi connectivity index (χ3n) is 10.1. The molecule has 0 radical (unpaired) electrons. The number of rotatable bonds is 4. The van der Waals surface area contributed by atoms with Crippen LogP contribution < -0.4 is 0 Å². The molecule has 7 rings (SSSR count). The molecule has 7 aliphatic rings. The van der Waals surface area contributed by atoms with Crippen LogP contribution in [0, 0.1) is 29.6 Å². The molecule has 0 bridgehead atoms. The van der Waals surface area contributed by atoms with Gasteiger partial charge in [-0.05, 0) is 111 Å². The van der Waals surface area contributed by atoms with Crippen molar-refractivity contribution in [2.24, 2.45) is 29.6 Å². The highest BCUT2D eigenvalue weighted by molar-refractivity contribution is 5.93. The highest BCUT2D eigenvalue weighted by Gasteiger charge is 2.70. The largest absolute Gasteiger partial charge is 0.458 e. The number of Topliss-reactive ketones (excluding diaryl/α,β-unsaturated/α-hetero) is 1. The number of fused-ring (bicyclic) bond motifs is 6. The van der Waals surface area contributed by atoms with Gasteiger partial charge in [0.2, 0.25) is 0 Å². The normalized spacial score (nSPS) is 38.0. The first-order valence-corrected chi connectivity index (χ1v) is 13.1. The number of ether oxygens (including phenoxy) is 1. The van der Waals surface area contributed by atoms with Gasteiger partial charge in [0.15, 0.2) is 5.78 Å². The van der Waals surface area contributed by atoms with E-state index in [1.807, 2.05) is 6.08 Å².